The van der Waals surface area contributed by atoms with Gasteiger partial charge in [0.2, 0.25) is 0 Å². The molecule has 1 atom stereocenters. The smallest absolute Gasteiger partial charge is 0.336 e. The zero-order valence-electron chi connectivity index (χ0n) is 5.50. The van der Waals surface area contributed by atoms with E-state index in [1.165, 1.54) is 6.08 Å². The van der Waals surface area contributed by atoms with E-state index in [4.69, 9.17) is 17.3 Å². The van der Waals surface area contributed by atoms with Gasteiger partial charge in [-0.05, 0) is 0 Å². The summed E-state index contributed by atoms with van der Waals surface area (Å²) in [4.78, 5) is 10.3. The average Bonchev–Trinajstić information content (AvgIpc) is 1.88. The lowest BCUT2D eigenvalue weighted by molar-refractivity contribution is -0.140. The van der Waals surface area contributed by atoms with E-state index in [2.05, 4.69) is 6.58 Å². The molecule has 0 aromatic carbocycles. The monoisotopic (exact) mass is 139 g/mol. The van der Waals surface area contributed by atoms with Crippen molar-refractivity contribution in [3.05, 3.63) is 12.7 Å². The Kier molecular flexibility index (Phi) is 2.65. The van der Waals surface area contributed by atoms with Crippen LogP contribution < -0.4 is 5.73 Å². The molecule has 0 aliphatic heterocycles. The number of carboxylic acids is 1. The van der Waals surface area contributed by atoms with Gasteiger partial charge < -0.3 is 10.8 Å². The van der Waals surface area contributed by atoms with E-state index < -0.39 is 11.5 Å². The van der Waals surface area contributed by atoms with Crippen molar-refractivity contribution >= 4 is 5.97 Å². The summed E-state index contributed by atoms with van der Waals surface area (Å²) in [7, 11) is 0. The van der Waals surface area contributed by atoms with Gasteiger partial charge >= 0.3 is 5.97 Å². The first-order valence-electron chi connectivity index (χ1n) is 2.68. The Morgan fingerprint density at radius 3 is 2.60 bits per heavy atom. The number of rotatable bonds is 3. The maximum Gasteiger partial charge on any atom is 0.336 e. The maximum atomic E-state index is 10.3. The molecule has 0 amide bonds. The lowest BCUT2D eigenvalue weighted by atomic mass is 9.98. The van der Waals surface area contributed by atoms with E-state index in [1.807, 2.05) is 5.92 Å². The van der Waals surface area contributed by atoms with Crippen molar-refractivity contribution in [3.8, 4) is 12.3 Å². The minimum atomic E-state index is -1.58. The van der Waals surface area contributed by atoms with Gasteiger partial charge in [-0.1, -0.05) is 12.0 Å². The Labute approximate surface area is 59.5 Å². The van der Waals surface area contributed by atoms with Crippen LogP contribution in [0.25, 0.3) is 0 Å². The van der Waals surface area contributed by atoms with Gasteiger partial charge in [-0.3, -0.25) is 0 Å². The fraction of sp³-hybridized carbons (Fsp3) is 0.286. The van der Waals surface area contributed by atoms with Crippen molar-refractivity contribution in [2.75, 3.05) is 0 Å². The number of carboxylic acid groups (broad SMARTS) is 1. The van der Waals surface area contributed by atoms with Crippen molar-refractivity contribution in [1.29, 1.82) is 0 Å². The van der Waals surface area contributed by atoms with Crippen LogP contribution in [0.15, 0.2) is 12.7 Å². The van der Waals surface area contributed by atoms with Crippen LogP contribution in [-0.4, -0.2) is 16.6 Å². The lowest BCUT2D eigenvalue weighted by Crippen LogP contribution is -2.45. The molecule has 0 aliphatic rings. The highest BCUT2D eigenvalue weighted by atomic mass is 16.4. The largest absolute Gasteiger partial charge is 0.479 e. The minimum Gasteiger partial charge on any atom is -0.479 e. The summed E-state index contributed by atoms with van der Waals surface area (Å²) < 4.78 is 0. The van der Waals surface area contributed by atoms with E-state index in [9.17, 15) is 4.79 Å². The second-order valence-corrected chi connectivity index (χ2v) is 1.91. The zero-order valence-corrected chi connectivity index (χ0v) is 5.50. The standard InChI is InChI=1S/C7H9NO2/c1-3-5-7(8,4-2)6(9)10/h2-3H,1,5,8H2,(H,9,10). The average molecular weight is 139 g/mol. The third-order valence-electron chi connectivity index (χ3n) is 1.11. The first-order valence-corrected chi connectivity index (χ1v) is 2.68. The van der Waals surface area contributed by atoms with E-state index in [0.29, 0.717) is 0 Å². The predicted molar refractivity (Wildman–Crippen MR) is 38.2 cm³/mol. The fourth-order valence-electron chi connectivity index (χ4n) is 0.436. The van der Waals surface area contributed by atoms with Gasteiger partial charge in [0.15, 0.2) is 5.54 Å². The van der Waals surface area contributed by atoms with Crippen LogP contribution in [0.4, 0.5) is 0 Å². The summed E-state index contributed by atoms with van der Waals surface area (Å²) in [5.74, 6) is 0.787. The topological polar surface area (TPSA) is 63.3 Å². The third kappa shape index (κ3) is 1.61. The Bertz CT molecular complexity index is 192. The summed E-state index contributed by atoms with van der Waals surface area (Å²) in [6, 6.07) is 0. The van der Waals surface area contributed by atoms with Gasteiger partial charge in [0, 0.05) is 6.42 Å². The molecular formula is C7H9NO2. The summed E-state index contributed by atoms with van der Waals surface area (Å²) in [6.45, 7) is 3.34. The molecular weight excluding hydrogens is 130 g/mol. The molecule has 0 radical (unpaired) electrons. The SMILES string of the molecule is C#CC(N)(CC=C)C(=O)O. The molecule has 0 aromatic heterocycles. The maximum absolute atomic E-state index is 10.3. The van der Waals surface area contributed by atoms with Gasteiger partial charge in [-0.2, -0.15) is 0 Å². The van der Waals surface area contributed by atoms with Crippen LogP contribution in [-0.2, 0) is 4.79 Å². The molecule has 1 unspecified atom stereocenters. The molecule has 3 heteroatoms. The van der Waals surface area contributed by atoms with Gasteiger partial charge in [0.1, 0.15) is 0 Å². The second kappa shape index (κ2) is 3.04. The third-order valence-corrected chi connectivity index (χ3v) is 1.11. The minimum absolute atomic E-state index is 0.0822. The molecule has 54 valence electrons. The Morgan fingerprint density at radius 2 is 2.50 bits per heavy atom. The normalized spacial score (nSPS) is 14.8. The molecule has 0 spiro atoms. The Morgan fingerprint density at radius 1 is 2.00 bits per heavy atom. The summed E-state index contributed by atoms with van der Waals surface area (Å²) in [5, 5.41) is 8.45. The number of hydrogen-bond donors (Lipinski definition) is 2. The Balaban J connectivity index is 4.42. The number of terminal acetylenes is 1. The molecule has 0 saturated carbocycles. The molecule has 0 heterocycles. The van der Waals surface area contributed by atoms with Crippen molar-refractivity contribution in [2.45, 2.75) is 12.0 Å². The van der Waals surface area contributed by atoms with E-state index in [-0.39, 0.29) is 6.42 Å². The zero-order chi connectivity index (χ0) is 8.20. The Hall–Kier alpha value is -1.27. The first kappa shape index (κ1) is 8.73. The quantitative estimate of drug-likeness (QED) is 0.426. The van der Waals surface area contributed by atoms with Crippen LogP contribution in [0.3, 0.4) is 0 Å². The molecule has 0 rings (SSSR count). The lowest BCUT2D eigenvalue weighted by Gasteiger charge is -2.14. The van der Waals surface area contributed by atoms with E-state index >= 15 is 0 Å². The molecule has 0 aromatic rings. The molecule has 0 saturated heterocycles. The number of aliphatic carboxylic acids is 1. The van der Waals surface area contributed by atoms with Gasteiger partial charge in [0.05, 0.1) is 0 Å². The highest BCUT2D eigenvalue weighted by Crippen LogP contribution is 2.04. The summed E-state index contributed by atoms with van der Waals surface area (Å²) in [5.41, 5.74) is 3.66. The number of carbonyl (C=O) groups is 1. The second-order valence-electron chi connectivity index (χ2n) is 1.91. The van der Waals surface area contributed by atoms with Crippen molar-refractivity contribution in [2.24, 2.45) is 5.73 Å². The molecule has 10 heavy (non-hydrogen) atoms. The van der Waals surface area contributed by atoms with Crippen LogP contribution in [0.2, 0.25) is 0 Å². The van der Waals surface area contributed by atoms with Crippen LogP contribution in [0.1, 0.15) is 6.42 Å². The number of nitrogens with two attached hydrogens (primary N) is 1. The van der Waals surface area contributed by atoms with Crippen molar-refractivity contribution in [1.82, 2.24) is 0 Å². The van der Waals surface area contributed by atoms with E-state index in [0.717, 1.165) is 0 Å². The predicted octanol–water partition coefficient (Wildman–Crippen LogP) is -0.0222. The molecule has 3 nitrogen and oxygen atoms in total. The van der Waals surface area contributed by atoms with Crippen LogP contribution in [0, 0.1) is 12.3 Å². The molecule has 0 aliphatic carbocycles. The van der Waals surface area contributed by atoms with Crippen LogP contribution >= 0.6 is 0 Å². The highest BCUT2D eigenvalue weighted by molar-refractivity contribution is 5.82. The van der Waals surface area contributed by atoms with E-state index in [1.54, 1.807) is 0 Å². The molecule has 0 bridgehead atoms. The molecule has 3 N–H and O–H groups in total. The first-order chi connectivity index (χ1) is 4.56. The fourth-order valence-corrected chi connectivity index (χ4v) is 0.436. The molecule has 0 fully saturated rings. The summed E-state index contributed by atoms with van der Waals surface area (Å²) >= 11 is 0. The number of hydrogen-bond acceptors (Lipinski definition) is 2. The highest BCUT2D eigenvalue weighted by Gasteiger charge is 2.29. The van der Waals surface area contributed by atoms with Gasteiger partial charge in [-0.15, -0.1) is 13.0 Å². The van der Waals surface area contributed by atoms with Gasteiger partial charge in [0.25, 0.3) is 0 Å². The van der Waals surface area contributed by atoms with Crippen molar-refractivity contribution in [3.63, 3.8) is 0 Å². The van der Waals surface area contributed by atoms with Gasteiger partial charge in [-0.25, -0.2) is 4.79 Å². The van der Waals surface area contributed by atoms with Crippen LogP contribution in [0.5, 0.6) is 0 Å². The summed E-state index contributed by atoms with van der Waals surface area (Å²) in [6.07, 6.45) is 6.36. The van der Waals surface area contributed by atoms with Crippen molar-refractivity contribution < 1.29 is 9.90 Å².